The number of hydrogen-bond acceptors (Lipinski definition) is 5. The zero-order valence-corrected chi connectivity index (χ0v) is 11.3. The second-order valence-electron chi connectivity index (χ2n) is 5.16. The molecule has 1 N–H and O–H groups in total. The van der Waals surface area contributed by atoms with Crippen molar-refractivity contribution in [2.75, 3.05) is 19.7 Å². The maximum Gasteiger partial charge on any atom is 0.243 e. The van der Waals surface area contributed by atoms with E-state index in [2.05, 4.69) is 28.9 Å². The normalized spacial score (nSPS) is 22.5. The molecule has 18 heavy (non-hydrogen) atoms. The topological polar surface area (TPSA) is 62.4 Å². The monoisotopic (exact) mass is 253 g/mol. The highest BCUT2D eigenvalue weighted by Gasteiger charge is 2.29. The lowest BCUT2D eigenvalue weighted by atomic mass is 10.1. The number of likely N-dealkylation sites (tertiary alicyclic amines) is 1. The number of rotatable bonds is 6. The van der Waals surface area contributed by atoms with E-state index < -0.39 is 0 Å². The van der Waals surface area contributed by atoms with Crippen molar-refractivity contribution in [2.45, 2.75) is 45.6 Å². The van der Waals surface area contributed by atoms with Gasteiger partial charge in [-0.05, 0) is 32.2 Å². The molecule has 5 nitrogen and oxygen atoms in total. The van der Waals surface area contributed by atoms with Crippen LogP contribution in [-0.4, -0.2) is 39.8 Å². The van der Waals surface area contributed by atoms with Gasteiger partial charge in [0.15, 0.2) is 5.82 Å². The van der Waals surface area contributed by atoms with E-state index in [0.29, 0.717) is 11.8 Å². The van der Waals surface area contributed by atoms with Gasteiger partial charge in [0.25, 0.3) is 0 Å². The fourth-order valence-electron chi connectivity index (χ4n) is 2.39. The quantitative estimate of drug-likeness (QED) is 0.837. The van der Waals surface area contributed by atoms with Crippen molar-refractivity contribution < 1.29 is 9.63 Å². The molecule has 1 aliphatic heterocycles. The van der Waals surface area contributed by atoms with Crippen LogP contribution in [0.4, 0.5) is 0 Å². The van der Waals surface area contributed by atoms with Crippen LogP contribution in [0.5, 0.6) is 0 Å². The first-order chi connectivity index (χ1) is 8.74. The summed E-state index contributed by atoms with van der Waals surface area (Å²) < 4.78 is 5.34. The first kappa shape index (κ1) is 13.5. The minimum Gasteiger partial charge on any atom is -0.396 e. The fraction of sp³-hybridized carbons (Fsp3) is 0.846. The molecule has 1 aromatic rings. The van der Waals surface area contributed by atoms with Crippen molar-refractivity contribution >= 4 is 0 Å². The van der Waals surface area contributed by atoms with Crippen LogP contribution in [-0.2, 0) is 6.42 Å². The molecule has 0 bridgehead atoms. The molecule has 1 saturated heterocycles. The average molecular weight is 253 g/mol. The second-order valence-corrected chi connectivity index (χ2v) is 5.16. The molecule has 1 fully saturated rings. The Morgan fingerprint density at radius 3 is 3.06 bits per heavy atom. The van der Waals surface area contributed by atoms with Crippen LogP contribution in [0.25, 0.3) is 0 Å². The number of aromatic nitrogens is 2. The number of nitrogens with zero attached hydrogens (tertiary/aromatic N) is 3. The molecule has 1 aromatic heterocycles. The van der Waals surface area contributed by atoms with Gasteiger partial charge in [0.2, 0.25) is 5.89 Å². The van der Waals surface area contributed by atoms with E-state index in [4.69, 9.17) is 9.63 Å². The van der Waals surface area contributed by atoms with Crippen molar-refractivity contribution in [3.05, 3.63) is 11.7 Å². The highest BCUT2D eigenvalue weighted by atomic mass is 16.5. The van der Waals surface area contributed by atoms with E-state index in [-0.39, 0.29) is 12.6 Å². The van der Waals surface area contributed by atoms with Crippen molar-refractivity contribution in [3.63, 3.8) is 0 Å². The molecule has 2 rings (SSSR count). The Kier molecular flexibility index (Phi) is 4.72. The molecule has 0 aromatic carbocycles. The number of aryl methyl sites for hydroxylation is 1. The zero-order chi connectivity index (χ0) is 13.0. The first-order valence-corrected chi connectivity index (χ1v) is 6.92. The van der Waals surface area contributed by atoms with E-state index in [1.54, 1.807) is 0 Å². The lowest BCUT2D eigenvalue weighted by molar-refractivity contribution is 0.182. The summed E-state index contributed by atoms with van der Waals surface area (Å²) >= 11 is 0. The van der Waals surface area contributed by atoms with Crippen molar-refractivity contribution in [2.24, 2.45) is 5.92 Å². The number of hydrogen-bond donors (Lipinski definition) is 1. The van der Waals surface area contributed by atoms with E-state index in [0.717, 1.165) is 44.6 Å². The van der Waals surface area contributed by atoms with Crippen LogP contribution in [0.3, 0.4) is 0 Å². The number of aliphatic hydroxyl groups is 1. The van der Waals surface area contributed by atoms with Gasteiger partial charge >= 0.3 is 0 Å². The average Bonchev–Trinajstić information content (AvgIpc) is 3.04. The van der Waals surface area contributed by atoms with Gasteiger partial charge in [-0.25, -0.2) is 0 Å². The van der Waals surface area contributed by atoms with Crippen LogP contribution in [0.2, 0.25) is 0 Å². The maximum absolute atomic E-state index is 9.16. The predicted octanol–water partition coefficient (Wildman–Crippen LogP) is 1.79. The summed E-state index contributed by atoms with van der Waals surface area (Å²) in [7, 11) is 0. The van der Waals surface area contributed by atoms with Gasteiger partial charge in [0.05, 0.1) is 6.04 Å². The summed E-state index contributed by atoms with van der Waals surface area (Å²) in [6, 6.07) is 0.157. The fourth-order valence-corrected chi connectivity index (χ4v) is 2.39. The molecule has 2 unspecified atom stereocenters. The Balaban J connectivity index is 1.92. The molecule has 5 heteroatoms. The number of aliphatic hydroxyl groups excluding tert-OH is 1. The summed E-state index contributed by atoms with van der Waals surface area (Å²) in [6.07, 6.45) is 4.19. The molecule has 102 valence electrons. The van der Waals surface area contributed by atoms with Gasteiger partial charge < -0.3 is 9.63 Å². The second kappa shape index (κ2) is 6.29. The molecule has 0 saturated carbocycles. The minimum absolute atomic E-state index is 0.157. The van der Waals surface area contributed by atoms with Crippen molar-refractivity contribution in [1.29, 1.82) is 0 Å². The predicted molar refractivity (Wildman–Crippen MR) is 68.1 cm³/mol. The zero-order valence-electron chi connectivity index (χ0n) is 11.3. The third-order valence-electron chi connectivity index (χ3n) is 3.72. The lowest BCUT2D eigenvalue weighted by Crippen LogP contribution is -2.25. The van der Waals surface area contributed by atoms with Crippen LogP contribution < -0.4 is 0 Å². The van der Waals surface area contributed by atoms with Crippen LogP contribution in [0.1, 0.15) is 50.9 Å². The Morgan fingerprint density at radius 2 is 2.39 bits per heavy atom. The molecule has 2 atom stereocenters. The third-order valence-corrected chi connectivity index (χ3v) is 3.72. The first-order valence-electron chi connectivity index (χ1n) is 6.92. The molecule has 2 heterocycles. The molecule has 0 radical (unpaired) electrons. The highest BCUT2D eigenvalue weighted by Crippen LogP contribution is 2.26. The molecular formula is C13H23N3O2. The highest BCUT2D eigenvalue weighted by molar-refractivity contribution is 4.94. The Bertz CT molecular complexity index is 367. The maximum atomic E-state index is 9.16. The molecule has 0 spiro atoms. The SMILES string of the molecule is CCCCc1noc(C(C)N2CCC(CO)C2)n1. The summed E-state index contributed by atoms with van der Waals surface area (Å²) in [5.41, 5.74) is 0. The Morgan fingerprint density at radius 1 is 1.56 bits per heavy atom. The Labute approximate surface area is 108 Å². The van der Waals surface area contributed by atoms with Crippen molar-refractivity contribution in [1.82, 2.24) is 15.0 Å². The van der Waals surface area contributed by atoms with Crippen LogP contribution in [0.15, 0.2) is 4.52 Å². The van der Waals surface area contributed by atoms with Crippen LogP contribution in [0, 0.1) is 5.92 Å². The summed E-state index contributed by atoms with van der Waals surface area (Å²) in [5.74, 6) is 1.92. The van der Waals surface area contributed by atoms with E-state index in [1.165, 1.54) is 0 Å². The van der Waals surface area contributed by atoms with E-state index in [1.807, 2.05) is 0 Å². The summed E-state index contributed by atoms with van der Waals surface area (Å²) in [4.78, 5) is 6.76. The van der Waals surface area contributed by atoms with Crippen LogP contribution >= 0.6 is 0 Å². The number of unbranched alkanes of at least 4 members (excludes halogenated alkanes) is 1. The lowest BCUT2D eigenvalue weighted by Gasteiger charge is -2.20. The van der Waals surface area contributed by atoms with E-state index in [9.17, 15) is 0 Å². The van der Waals surface area contributed by atoms with Gasteiger partial charge in [0, 0.05) is 19.6 Å². The molecular weight excluding hydrogens is 230 g/mol. The summed E-state index contributed by atoms with van der Waals surface area (Å²) in [6.45, 7) is 6.44. The Hall–Kier alpha value is -0.940. The standard InChI is InChI=1S/C13H23N3O2/c1-3-4-5-12-14-13(18-15-12)10(2)16-7-6-11(8-16)9-17/h10-11,17H,3-9H2,1-2H3. The van der Waals surface area contributed by atoms with Gasteiger partial charge in [-0.2, -0.15) is 4.98 Å². The van der Waals surface area contributed by atoms with Gasteiger partial charge in [0.1, 0.15) is 0 Å². The van der Waals surface area contributed by atoms with Crippen molar-refractivity contribution in [3.8, 4) is 0 Å². The largest absolute Gasteiger partial charge is 0.396 e. The third kappa shape index (κ3) is 3.09. The summed E-state index contributed by atoms with van der Waals surface area (Å²) in [5, 5.41) is 13.2. The smallest absolute Gasteiger partial charge is 0.243 e. The molecule has 0 aliphatic carbocycles. The minimum atomic E-state index is 0.157. The van der Waals surface area contributed by atoms with E-state index >= 15 is 0 Å². The van der Waals surface area contributed by atoms with Gasteiger partial charge in [-0.3, -0.25) is 4.90 Å². The van der Waals surface area contributed by atoms with Gasteiger partial charge in [-0.15, -0.1) is 0 Å². The van der Waals surface area contributed by atoms with Gasteiger partial charge in [-0.1, -0.05) is 18.5 Å². The molecule has 0 amide bonds. The molecule has 1 aliphatic rings.